The molecule has 0 bridgehead atoms. The molecule has 2 aliphatic heterocycles. The number of carbonyl (C=O) groups excluding carboxylic acids is 3. The number of carbonyl (C=O) groups is 3. The maximum absolute atomic E-state index is 13.5. The molecular formula is C22H27N3O3S. The van der Waals surface area contributed by atoms with Gasteiger partial charge in [0.2, 0.25) is 11.8 Å². The summed E-state index contributed by atoms with van der Waals surface area (Å²) in [6, 6.07) is 8.34. The van der Waals surface area contributed by atoms with E-state index < -0.39 is 0 Å². The number of hydrogen-bond donors (Lipinski definition) is 1. The van der Waals surface area contributed by atoms with Crippen LogP contribution in [0.2, 0.25) is 0 Å². The van der Waals surface area contributed by atoms with Crippen molar-refractivity contribution in [1.29, 1.82) is 0 Å². The van der Waals surface area contributed by atoms with Gasteiger partial charge in [-0.3, -0.25) is 14.4 Å². The number of rotatable bonds is 3. The molecule has 3 heterocycles. The minimum absolute atomic E-state index is 0.0159. The fraction of sp³-hybridized carbons (Fsp3) is 0.500. The molecule has 2 saturated heterocycles. The van der Waals surface area contributed by atoms with E-state index in [0.717, 1.165) is 46.3 Å². The van der Waals surface area contributed by atoms with Gasteiger partial charge in [0.05, 0.1) is 4.88 Å². The number of likely N-dealkylation sites (tertiary alicyclic amines) is 2. The minimum atomic E-state index is -0.0159. The van der Waals surface area contributed by atoms with Gasteiger partial charge in [-0.2, -0.15) is 0 Å². The second kappa shape index (κ2) is 8.14. The molecule has 1 aromatic carbocycles. The number of nitrogens with one attached hydrogen (secondary N) is 1. The molecule has 7 heteroatoms. The first kappa shape index (κ1) is 19.9. The topological polar surface area (TPSA) is 69.7 Å². The van der Waals surface area contributed by atoms with Gasteiger partial charge in [0.1, 0.15) is 0 Å². The van der Waals surface area contributed by atoms with Gasteiger partial charge in [0, 0.05) is 56.7 Å². The monoisotopic (exact) mass is 413 g/mol. The molecule has 1 unspecified atom stereocenters. The third kappa shape index (κ3) is 4.01. The van der Waals surface area contributed by atoms with Crippen LogP contribution in [0.25, 0.3) is 10.1 Å². The fourth-order valence-electron chi connectivity index (χ4n) is 4.57. The van der Waals surface area contributed by atoms with Crippen LogP contribution in [0.1, 0.15) is 54.3 Å². The summed E-state index contributed by atoms with van der Waals surface area (Å²) in [4.78, 5) is 41.2. The lowest BCUT2D eigenvalue weighted by Crippen LogP contribution is -2.46. The van der Waals surface area contributed by atoms with Gasteiger partial charge in [-0.05, 0) is 36.3 Å². The van der Waals surface area contributed by atoms with Crippen molar-refractivity contribution in [2.75, 3.05) is 26.2 Å². The van der Waals surface area contributed by atoms with Gasteiger partial charge in [0.15, 0.2) is 0 Å². The highest BCUT2D eigenvalue weighted by Gasteiger charge is 2.33. The Bertz CT molecular complexity index is 946. The van der Waals surface area contributed by atoms with E-state index in [1.54, 1.807) is 18.3 Å². The SMILES string of the molecule is CC(=O)NC1CCN(C(=O)c2sc3ccccc3c2C2CCN(C(C)=O)C2)CC1. The lowest BCUT2D eigenvalue weighted by Gasteiger charge is -2.32. The second-order valence-corrected chi connectivity index (χ2v) is 9.11. The van der Waals surface area contributed by atoms with Gasteiger partial charge >= 0.3 is 0 Å². The summed E-state index contributed by atoms with van der Waals surface area (Å²) in [6.45, 7) is 5.89. The number of hydrogen-bond acceptors (Lipinski definition) is 4. The van der Waals surface area contributed by atoms with Crippen molar-refractivity contribution in [3.05, 3.63) is 34.7 Å². The van der Waals surface area contributed by atoms with Crippen LogP contribution < -0.4 is 5.32 Å². The van der Waals surface area contributed by atoms with E-state index in [1.807, 2.05) is 21.9 Å². The predicted octanol–water partition coefficient (Wildman–Crippen LogP) is 2.98. The number of nitrogens with zero attached hydrogens (tertiary/aromatic N) is 2. The van der Waals surface area contributed by atoms with Gasteiger partial charge in [0.25, 0.3) is 5.91 Å². The zero-order valence-corrected chi connectivity index (χ0v) is 17.8. The zero-order valence-electron chi connectivity index (χ0n) is 16.9. The summed E-state index contributed by atoms with van der Waals surface area (Å²) in [5.41, 5.74) is 1.11. The normalized spacial score (nSPS) is 20.3. The fourth-order valence-corrected chi connectivity index (χ4v) is 5.83. The largest absolute Gasteiger partial charge is 0.353 e. The third-order valence-electron chi connectivity index (χ3n) is 6.06. The lowest BCUT2D eigenvalue weighted by atomic mass is 9.94. The molecule has 1 N–H and O–H groups in total. The zero-order chi connectivity index (χ0) is 20.5. The van der Waals surface area contributed by atoms with Crippen molar-refractivity contribution >= 4 is 39.1 Å². The Morgan fingerprint density at radius 3 is 2.34 bits per heavy atom. The van der Waals surface area contributed by atoms with Crippen LogP contribution in [0.15, 0.2) is 24.3 Å². The van der Waals surface area contributed by atoms with E-state index in [4.69, 9.17) is 0 Å². The maximum Gasteiger partial charge on any atom is 0.264 e. The Hall–Kier alpha value is -2.41. The molecular weight excluding hydrogens is 386 g/mol. The number of piperidine rings is 1. The first-order chi connectivity index (χ1) is 13.9. The summed E-state index contributed by atoms with van der Waals surface area (Å²) in [7, 11) is 0. The predicted molar refractivity (Wildman–Crippen MR) is 114 cm³/mol. The second-order valence-electron chi connectivity index (χ2n) is 8.06. The standard InChI is InChI=1S/C22H27N3O3S/c1-14(26)23-17-8-11-24(12-9-17)22(28)21-20(16-7-10-25(13-16)15(2)27)18-5-3-4-6-19(18)29-21/h3-6,16-17H,7-13H2,1-2H3,(H,23,26). The van der Waals surface area contributed by atoms with Crippen LogP contribution in [-0.4, -0.2) is 59.7 Å². The van der Waals surface area contributed by atoms with Crippen LogP contribution in [-0.2, 0) is 9.59 Å². The molecule has 154 valence electrons. The van der Waals surface area contributed by atoms with Crippen LogP contribution in [0, 0.1) is 0 Å². The molecule has 6 nitrogen and oxygen atoms in total. The molecule has 2 aliphatic rings. The van der Waals surface area contributed by atoms with Gasteiger partial charge in [-0.15, -0.1) is 11.3 Å². The van der Waals surface area contributed by atoms with E-state index in [0.29, 0.717) is 19.6 Å². The summed E-state index contributed by atoms with van der Waals surface area (Å²) in [5.74, 6) is 0.368. The van der Waals surface area contributed by atoms with E-state index in [-0.39, 0.29) is 29.7 Å². The average Bonchev–Trinajstić information content (AvgIpc) is 3.32. The molecule has 1 atom stereocenters. The molecule has 2 fully saturated rings. The molecule has 0 spiro atoms. The third-order valence-corrected chi connectivity index (χ3v) is 7.23. The quantitative estimate of drug-likeness (QED) is 0.841. The van der Waals surface area contributed by atoms with Crippen molar-refractivity contribution in [2.45, 2.75) is 45.1 Å². The van der Waals surface area contributed by atoms with Crippen LogP contribution >= 0.6 is 11.3 Å². The lowest BCUT2D eigenvalue weighted by molar-refractivity contribution is -0.127. The van der Waals surface area contributed by atoms with Gasteiger partial charge < -0.3 is 15.1 Å². The Balaban J connectivity index is 1.60. The van der Waals surface area contributed by atoms with Gasteiger partial charge in [-0.25, -0.2) is 0 Å². The van der Waals surface area contributed by atoms with Crippen LogP contribution in [0.5, 0.6) is 0 Å². The Labute approximate surface area is 174 Å². The average molecular weight is 414 g/mol. The number of amides is 3. The van der Waals surface area contributed by atoms with Crippen molar-refractivity contribution in [2.24, 2.45) is 0 Å². The molecule has 3 amide bonds. The van der Waals surface area contributed by atoms with E-state index in [1.165, 1.54) is 6.92 Å². The highest BCUT2D eigenvalue weighted by molar-refractivity contribution is 7.21. The molecule has 1 aromatic heterocycles. The van der Waals surface area contributed by atoms with E-state index in [9.17, 15) is 14.4 Å². The number of fused-ring (bicyclic) bond motifs is 1. The van der Waals surface area contributed by atoms with Crippen molar-refractivity contribution < 1.29 is 14.4 Å². The van der Waals surface area contributed by atoms with Crippen molar-refractivity contribution in [1.82, 2.24) is 15.1 Å². The van der Waals surface area contributed by atoms with Crippen molar-refractivity contribution in [3.63, 3.8) is 0 Å². The van der Waals surface area contributed by atoms with Gasteiger partial charge in [-0.1, -0.05) is 18.2 Å². The highest BCUT2D eigenvalue weighted by atomic mass is 32.1. The molecule has 0 radical (unpaired) electrons. The molecule has 29 heavy (non-hydrogen) atoms. The first-order valence-electron chi connectivity index (χ1n) is 10.3. The minimum Gasteiger partial charge on any atom is -0.353 e. The first-order valence-corrected chi connectivity index (χ1v) is 11.1. The molecule has 2 aromatic rings. The summed E-state index contributed by atoms with van der Waals surface area (Å²) < 4.78 is 1.13. The number of thiophene rings is 1. The Morgan fingerprint density at radius 2 is 1.69 bits per heavy atom. The molecule has 0 saturated carbocycles. The van der Waals surface area contributed by atoms with Crippen molar-refractivity contribution in [3.8, 4) is 0 Å². The highest BCUT2D eigenvalue weighted by Crippen LogP contribution is 2.40. The van der Waals surface area contributed by atoms with Crippen LogP contribution in [0.3, 0.4) is 0 Å². The van der Waals surface area contributed by atoms with E-state index in [2.05, 4.69) is 17.4 Å². The number of benzene rings is 1. The summed E-state index contributed by atoms with van der Waals surface area (Å²) in [5, 5.41) is 4.11. The molecule has 4 rings (SSSR count). The smallest absolute Gasteiger partial charge is 0.264 e. The van der Waals surface area contributed by atoms with E-state index >= 15 is 0 Å². The Morgan fingerprint density at radius 1 is 1.00 bits per heavy atom. The summed E-state index contributed by atoms with van der Waals surface area (Å²) in [6.07, 6.45) is 2.46. The van der Waals surface area contributed by atoms with Crippen LogP contribution in [0.4, 0.5) is 0 Å². The Kier molecular flexibility index (Phi) is 5.58. The summed E-state index contributed by atoms with van der Waals surface area (Å²) >= 11 is 1.57. The molecule has 0 aliphatic carbocycles. The maximum atomic E-state index is 13.5.